The van der Waals surface area contributed by atoms with E-state index in [0.717, 1.165) is 93.8 Å². The second-order valence-electron chi connectivity index (χ2n) is 22.0. The highest BCUT2D eigenvalue weighted by Gasteiger charge is 2.53. The van der Waals surface area contributed by atoms with Gasteiger partial charge in [-0.05, 0) is 136 Å². The summed E-state index contributed by atoms with van der Waals surface area (Å²) in [5, 5.41) is 14.9. The van der Waals surface area contributed by atoms with Gasteiger partial charge < -0.3 is 54.9 Å². The molecular weight excluding hydrogens is 967 g/mol. The van der Waals surface area contributed by atoms with Crippen LogP contribution in [0.5, 0.6) is 11.6 Å². The number of nitrogens with two attached hydrogens (primary N) is 1. The van der Waals surface area contributed by atoms with Crippen molar-refractivity contribution in [1.29, 1.82) is 0 Å². The van der Waals surface area contributed by atoms with E-state index >= 15 is 0 Å². The van der Waals surface area contributed by atoms with Crippen molar-refractivity contribution in [1.82, 2.24) is 35.2 Å². The Labute approximate surface area is 448 Å². The number of para-hydroxylation sites is 1. The molecule has 4 aromatic rings. The number of anilines is 4. The van der Waals surface area contributed by atoms with Crippen molar-refractivity contribution in [2.45, 2.75) is 129 Å². The van der Waals surface area contributed by atoms with Crippen LogP contribution in [0.25, 0.3) is 11.3 Å². The minimum Gasteiger partial charge on any atom is -0.488 e. The van der Waals surface area contributed by atoms with E-state index in [1.165, 1.54) is 0 Å². The molecule has 76 heavy (non-hydrogen) atoms. The van der Waals surface area contributed by atoms with Gasteiger partial charge >= 0.3 is 12.1 Å². The normalized spacial score (nSPS) is 19.6. The number of ether oxygens (including phenoxy) is 4. The number of fused-ring (bicyclic) bond motifs is 2. The maximum Gasteiger partial charge on any atom is 0.410 e. The molecule has 4 N–H and O–H groups in total. The molecule has 1 saturated carbocycles. The van der Waals surface area contributed by atoms with E-state index in [4.69, 9.17) is 24.7 Å². The molecule has 2 bridgehead atoms. The Kier molecular flexibility index (Phi) is 18.2. The van der Waals surface area contributed by atoms with Crippen molar-refractivity contribution in [3.63, 3.8) is 0 Å². The second kappa shape index (κ2) is 25.0. The number of carbonyl (C=O) groups excluding carboxylic acids is 4. The fraction of sp³-hybridized carbons (Fsp3) is 0.561. The predicted octanol–water partition coefficient (Wildman–Crippen LogP) is 7.16. The van der Waals surface area contributed by atoms with Crippen molar-refractivity contribution in [2.24, 2.45) is 5.41 Å². The summed E-state index contributed by atoms with van der Waals surface area (Å²) >= 11 is 0. The monoisotopic (exact) mass is 1050 g/mol. The first-order chi connectivity index (χ1) is 36.5. The fourth-order valence-electron chi connectivity index (χ4n) is 10.7. The Morgan fingerprint density at radius 3 is 2.34 bits per heavy atom. The van der Waals surface area contributed by atoms with E-state index in [9.17, 15) is 19.2 Å². The molecule has 19 nitrogen and oxygen atoms in total. The molecule has 0 radical (unpaired) electrons. The molecule has 410 valence electrons. The van der Waals surface area contributed by atoms with Gasteiger partial charge in [-0.25, -0.2) is 9.78 Å². The van der Waals surface area contributed by atoms with Crippen molar-refractivity contribution >= 4 is 46.8 Å². The zero-order chi connectivity index (χ0) is 54.0. The number of hydrogen-bond donors (Lipinski definition) is 3. The highest BCUT2D eigenvalue weighted by Crippen LogP contribution is 2.43. The Morgan fingerprint density at radius 1 is 0.908 bits per heavy atom. The van der Waals surface area contributed by atoms with Crippen LogP contribution in [0.3, 0.4) is 0 Å². The van der Waals surface area contributed by atoms with Gasteiger partial charge in [0.1, 0.15) is 36.0 Å². The highest BCUT2D eigenvalue weighted by molar-refractivity contribution is 6.06. The quantitative estimate of drug-likeness (QED) is 0.0405. The van der Waals surface area contributed by atoms with E-state index in [-0.39, 0.29) is 43.3 Å². The third-order valence-corrected chi connectivity index (χ3v) is 15.0. The molecule has 4 atom stereocenters. The standard InChI is InChI=1S/C57H79N11O8/c1-8-73-54(71)57(25-14-26-57)53(70)61-46(16-10-9-13-28-64(6)7)52(69)60-41-20-18-40(19-21-41)38-75-49-17-12-11-15-45(49)47-34-48(51(58)63-62-47)67-36-43-22-23-44(37-67)68(43)42-24-27-59-50(33-42)74-32-31-65-29-30-66(35-39(65)2)55(72)76-56(3,4)5/h11-12,15,17-21,24,27,33-34,39,43-44,46H,8-10,13-14,16,22-23,25-26,28-32,35-38H2,1-7H3,(H2,58,63)(H,60,69)(H,61,70)/t39-,43?,44?,46+/m1/s1. The third-order valence-electron chi connectivity index (χ3n) is 15.0. The zero-order valence-corrected chi connectivity index (χ0v) is 45.6. The Morgan fingerprint density at radius 2 is 1.66 bits per heavy atom. The second-order valence-corrected chi connectivity index (χ2v) is 22.0. The molecule has 3 saturated heterocycles. The molecule has 2 unspecified atom stereocenters. The van der Waals surface area contributed by atoms with Crippen LogP contribution < -0.4 is 35.6 Å². The van der Waals surface area contributed by atoms with Gasteiger partial charge in [0.2, 0.25) is 17.7 Å². The summed E-state index contributed by atoms with van der Waals surface area (Å²) in [6, 6.07) is 21.1. The number of esters is 1. The Hall–Kier alpha value is -6.73. The average molecular weight is 1050 g/mol. The fourth-order valence-corrected chi connectivity index (χ4v) is 10.7. The van der Waals surface area contributed by atoms with Gasteiger partial charge in [0.25, 0.3) is 0 Å². The van der Waals surface area contributed by atoms with Gasteiger partial charge in [-0.1, -0.05) is 43.5 Å². The molecule has 1 aliphatic carbocycles. The summed E-state index contributed by atoms with van der Waals surface area (Å²) in [6.07, 6.45) is 8.26. The minimum absolute atomic E-state index is 0.176. The molecule has 2 aromatic heterocycles. The maximum atomic E-state index is 13.8. The highest BCUT2D eigenvalue weighted by atomic mass is 16.6. The van der Waals surface area contributed by atoms with Gasteiger partial charge in [-0.3, -0.25) is 19.3 Å². The van der Waals surface area contributed by atoms with Crippen LogP contribution in [0.1, 0.15) is 98.0 Å². The molecule has 19 heteroatoms. The maximum absolute atomic E-state index is 13.8. The molecule has 5 heterocycles. The molecular formula is C57H79N11O8. The van der Waals surface area contributed by atoms with E-state index in [1.54, 1.807) is 11.8 Å². The molecule has 3 amide bonds. The van der Waals surface area contributed by atoms with Gasteiger partial charge in [0, 0.05) is 86.6 Å². The lowest BCUT2D eigenvalue weighted by Crippen LogP contribution is -2.56. The summed E-state index contributed by atoms with van der Waals surface area (Å²) in [7, 11) is 4.06. The van der Waals surface area contributed by atoms with Gasteiger partial charge in [0.15, 0.2) is 5.82 Å². The molecule has 4 fully saturated rings. The van der Waals surface area contributed by atoms with Crippen LogP contribution in [-0.4, -0.2) is 157 Å². The molecule has 4 aliphatic rings. The number of hydrogen-bond acceptors (Lipinski definition) is 16. The van der Waals surface area contributed by atoms with Crippen molar-refractivity contribution in [3.05, 3.63) is 78.5 Å². The van der Waals surface area contributed by atoms with E-state index in [2.05, 4.69) is 58.4 Å². The number of piperazine rings is 2. The first kappa shape index (κ1) is 55.5. The summed E-state index contributed by atoms with van der Waals surface area (Å²) in [5.41, 5.74) is 9.64. The summed E-state index contributed by atoms with van der Waals surface area (Å²) in [4.78, 5) is 68.6. The van der Waals surface area contributed by atoms with Gasteiger partial charge in [0.05, 0.1) is 18.0 Å². The number of unbranched alkanes of at least 4 members (excludes halogenated alkanes) is 2. The molecule has 8 rings (SSSR count). The smallest absolute Gasteiger partial charge is 0.410 e. The van der Waals surface area contributed by atoms with Crippen LogP contribution in [0.4, 0.5) is 27.7 Å². The van der Waals surface area contributed by atoms with Crippen LogP contribution in [0, 0.1) is 5.41 Å². The van der Waals surface area contributed by atoms with Crippen molar-refractivity contribution < 1.29 is 38.1 Å². The van der Waals surface area contributed by atoms with Crippen LogP contribution in [0.2, 0.25) is 0 Å². The number of pyridine rings is 1. The van der Waals surface area contributed by atoms with Gasteiger partial charge in [-0.15, -0.1) is 10.2 Å². The summed E-state index contributed by atoms with van der Waals surface area (Å²) < 4.78 is 23.5. The number of nitrogens with one attached hydrogen (secondary N) is 2. The number of rotatable bonds is 22. The van der Waals surface area contributed by atoms with Crippen LogP contribution >= 0.6 is 0 Å². The first-order valence-electron chi connectivity index (χ1n) is 27.2. The Balaban J connectivity index is 0.852. The number of carbonyl (C=O) groups is 4. The minimum atomic E-state index is -1.24. The summed E-state index contributed by atoms with van der Waals surface area (Å²) in [6.45, 7) is 15.6. The lowest BCUT2D eigenvalue weighted by Gasteiger charge is -2.43. The predicted molar refractivity (Wildman–Crippen MR) is 293 cm³/mol. The lowest BCUT2D eigenvalue weighted by molar-refractivity contribution is -0.167. The largest absolute Gasteiger partial charge is 0.488 e. The summed E-state index contributed by atoms with van der Waals surface area (Å²) in [5.74, 6) is 0.295. The number of aromatic nitrogens is 3. The van der Waals surface area contributed by atoms with Crippen molar-refractivity contribution in [3.8, 4) is 22.9 Å². The van der Waals surface area contributed by atoms with Crippen molar-refractivity contribution in [2.75, 3.05) is 94.0 Å². The molecule has 2 aromatic carbocycles. The number of amides is 3. The third kappa shape index (κ3) is 13.8. The molecule has 3 aliphatic heterocycles. The van der Waals surface area contributed by atoms with Gasteiger partial charge in [-0.2, -0.15) is 0 Å². The zero-order valence-electron chi connectivity index (χ0n) is 45.6. The topological polar surface area (TPSA) is 210 Å². The van der Waals surface area contributed by atoms with E-state index in [0.29, 0.717) is 67.8 Å². The SMILES string of the molecule is CCOC(=O)C1(C(=O)N[C@@H](CCCCCN(C)C)C(=O)Nc2ccc(COc3ccccc3-c3cc(N4CC5CCC(C4)N5c4ccnc(OCCN5CCN(C(=O)OC(C)(C)C)C[C@H]5C)c4)c(N)nn3)cc2)CCC1. The van der Waals surface area contributed by atoms with Crippen LogP contribution in [0.15, 0.2) is 72.9 Å². The Bertz CT molecular complexity index is 2610. The number of benzene rings is 2. The first-order valence-corrected chi connectivity index (χ1v) is 27.2. The van der Waals surface area contributed by atoms with E-state index in [1.807, 2.05) is 102 Å². The lowest BCUT2D eigenvalue weighted by atomic mass is 9.68. The van der Waals surface area contributed by atoms with Crippen LogP contribution in [-0.2, 0) is 30.5 Å². The van der Waals surface area contributed by atoms with E-state index < -0.39 is 28.9 Å². The average Bonchev–Trinajstić information content (AvgIpc) is 3.65. The number of nitrogen functional groups attached to an aromatic ring is 1. The number of nitrogens with zero attached hydrogens (tertiary/aromatic N) is 8. The molecule has 0 spiro atoms.